The fraction of sp³-hybridized carbons (Fsp3) is 0.0625. The molecule has 116 valence electrons. The second-order valence-corrected chi connectivity index (χ2v) is 6.57. The van der Waals surface area contributed by atoms with Crippen molar-refractivity contribution in [2.75, 3.05) is 5.32 Å². The lowest BCUT2D eigenvalue weighted by atomic mass is 10.3. The van der Waals surface area contributed by atoms with Crippen molar-refractivity contribution >= 4 is 46.1 Å². The highest BCUT2D eigenvalue weighted by atomic mass is 35.5. The van der Waals surface area contributed by atoms with E-state index >= 15 is 0 Å². The van der Waals surface area contributed by atoms with Gasteiger partial charge in [0.15, 0.2) is 0 Å². The summed E-state index contributed by atoms with van der Waals surface area (Å²) in [5.74, 6) is -0.228. The molecule has 0 spiro atoms. The second-order valence-electron chi connectivity index (χ2n) is 4.76. The third-order valence-corrected chi connectivity index (χ3v) is 5.03. The number of rotatable bonds is 3. The van der Waals surface area contributed by atoms with E-state index in [4.69, 9.17) is 23.2 Å². The van der Waals surface area contributed by atoms with Gasteiger partial charge in [0, 0.05) is 23.6 Å². The first kappa shape index (κ1) is 15.9. The van der Waals surface area contributed by atoms with Crippen LogP contribution in [0.5, 0.6) is 0 Å². The summed E-state index contributed by atoms with van der Waals surface area (Å²) in [7, 11) is 0. The number of halogens is 2. The van der Waals surface area contributed by atoms with Crippen LogP contribution in [0.2, 0.25) is 10.0 Å². The molecule has 0 aliphatic heterocycles. The molecule has 7 heteroatoms. The Labute approximate surface area is 147 Å². The summed E-state index contributed by atoms with van der Waals surface area (Å²) in [6, 6.07) is 8.69. The lowest BCUT2D eigenvalue weighted by molar-refractivity contribution is 0.103. The van der Waals surface area contributed by atoms with E-state index < -0.39 is 0 Å². The molecule has 4 nitrogen and oxygen atoms in total. The van der Waals surface area contributed by atoms with Crippen molar-refractivity contribution in [3.8, 4) is 10.6 Å². The van der Waals surface area contributed by atoms with Gasteiger partial charge >= 0.3 is 0 Å². The third-order valence-electron chi connectivity index (χ3n) is 3.09. The van der Waals surface area contributed by atoms with Gasteiger partial charge < -0.3 is 5.32 Å². The quantitative estimate of drug-likeness (QED) is 0.706. The number of carbonyl (C=O) groups excluding carboxylic acids is 1. The number of pyridine rings is 1. The summed E-state index contributed by atoms with van der Waals surface area (Å²) < 4.78 is 0. The van der Waals surface area contributed by atoms with Crippen molar-refractivity contribution in [1.29, 1.82) is 0 Å². The van der Waals surface area contributed by atoms with Crippen LogP contribution in [-0.4, -0.2) is 15.9 Å². The number of nitrogens with one attached hydrogen (secondary N) is 1. The number of aryl methyl sites for hydroxylation is 1. The molecule has 0 radical (unpaired) electrons. The molecule has 2 aromatic heterocycles. The molecule has 0 aliphatic rings. The fourth-order valence-electron chi connectivity index (χ4n) is 1.98. The minimum Gasteiger partial charge on any atom is -0.321 e. The summed E-state index contributed by atoms with van der Waals surface area (Å²) in [5, 5.41) is 4.40. The average molecular weight is 364 g/mol. The van der Waals surface area contributed by atoms with Crippen LogP contribution in [0, 0.1) is 6.92 Å². The van der Waals surface area contributed by atoms with E-state index in [1.54, 1.807) is 37.5 Å². The topological polar surface area (TPSA) is 54.9 Å². The number of aromatic nitrogens is 2. The third kappa shape index (κ3) is 3.52. The van der Waals surface area contributed by atoms with E-state index in [9.17, 15) is 4.79 Å². The Morgan fingerprint density at radius 2 is 2.04 bits per heavy atom. The summed E-state index contributed by atoms with van der Waals surface area (Å²) in [4.78, 5) is 21.5. The van der Waals surface area contributed by atoms with Gasteiger partial charge in [0.05, 0.1) is 15.7 Å². The molecular formula is C16H11Cl2N3OS. The second kappa shape index (κ2) is 6.66. The molecule has 3 rings (SSSR count). The predicted molar refractivity (Wildman–Crippen MR) is 94.5 cm³/mol. The fourth-order valence-corrected chi connectivity index (χ4v) is 3.23. The van der Waals surface area contributed by atoms with Crippen molar-refractivity contribution in [2.24, 2.45) is 0 Å². The highest BCUT2D eigenvalue weighted by Gasteiger charge is 2.16. The molecular weight excluding hydrogens is 353 g/mol. The minimum absolute atomic E-state index is 0.228. The first-order valence-electron chi connectivity index (χ1n) is 6.69. The number of anilines is 1. The molecule has 0 saturated carbocycles. The Kier molecular flexibility index (Phi) is 4.61. The van der Waals surface area contributed by atoms with Crippen molar-refractivity contribution < 1.29 is 4.79 Å². The Morgan fingerprint density at radius 3 is 2.74 bits per heavy atom. The number of benzene rings is 1. The maximum Gasteiger partial charge on any atom is 0.267 e. The van der Waals surface area contributed by atoms with Gasteiger partial charge in [-0.2, -0.15) is 0 Å². The molecule has 0 aliphatic carbocycles. The van der Waals surface area contributed by atoms with Gasteiger partial charge in [-0.3, -0.25) is 9.78 Å². The van der Waals surface area contributed by atoms with Crippen LogP contribution in [0.3, 0.4) is 0 Å². The predicted octanol–water partition coefficient (Wildman–Crippen LogP) is 5.07. The highest BCUT2D eigenvalue weighted by molar-refractivity contribution is 7.17. The van der Waals surface area contributed by atoms with Crippen LogP contribution in [-0.2, 0) is 0 Å². The number of carbonyl (C=O) groups is 1. The van der Waals surface area contributed by atoms with Crippen LogP contribution in [0.1, 0.15) is 15.4 Å². The first-order valence-corrected chi connectivity index (χ1v) is 8.26. The van der Waals surface area contributed by atoms with Gasteiger partial charge in [-0.25, -0.2) is 4.98 Å². The zero-order valence-corrected chi connectivity index (χ0v) is 14.3. The van der Waals surface area contributed by atoms with E-state index in [0.29, 0.717) is 26.3 Å². The molecule has 1 aromatic carbocycles. The number of nitrogens with zero attached hydrogens (tertiary/aromatic N) is 2. The van der Waals surface area contributed by atoms with Crippen molar-refractivity contribution in [1.82, 2.24) is 9.97 Å². The Bertz CT molecular complexity index is 865. The zero-order chi connectivity index (χ0) is 16.4. The van der Waals surface area contributed by atoms with Crippen molar-refractivity contribution in [3.05, 3.63) is 63.3 Å². The lowest BCUT2D eigenvalue weighted by Crippen LogP contribution is -2.11. The number of hydrogen-bond donors (Lipinski definition) is 1. The van der Waals surface area contributed by atoms with Gasteiger partial charge in [-0.15, -0.1) is 11.3 Å². The highest BCUT2D eigenvalue weighted by Crippen LogP contribution is 2.29. The minimum atomic E-state index is -0.228. The molecule has 0 atom stereocenters. The number of hydrogen-bond acceptors (Lipinski definition) is 4. The molecule has 0 bridgehead atoms. The summed E-state index contributed by atoms with van der Waals surface area (Å²) in [6.07, 6.45) is 3.42. The van der Waals surface area contributed by atoms with Crippen LogP contribution >= 0.6 is 34.5 Å². The summed E-state index contributed by atoms with van der Waals surface area (Å²) >= 11 is 13.2. The molecule has 2 heterocycles. The molecule has 0 saturated heterocycles. The average Bonchev–Trinajstić information content (AvgIpc) is 2.94. The largest absolute Gasteiger partial charge is 0.321 e. The zero-order valence-electron chi connectivity index (χ0n) is 12.0. The molecule has 0 unspecified atom stereocenters. The Morgan fingerprint density at radius 1 is 1.22 bits per heavy atom. The molecule has 0 fully saturated rings. The number of amides is 1. The van der Waals surface area contributed by atoms with E-state index in [1.165, 1.54) is 11.3 Å². The van der Waals surface area contributed by atoms with Crippen LogP contribution < -0.4 is 5.32 Å². The van der Waals surface area contributed by atoms with Crippen molar-refractivity contribution in [3.63, 3.8) is 0 Å². The Hall–Kier alpha value is -1.95. The van der Waals surface area contributed by atoms with Crippen LogP contribution in [0.25, 0.3) is 10.6 Å². The number of thiazole rings is 1. The molecule has 1 amide bonds. The van der Waals surface area contributed by atoms with E-state index in [-0.39, 0.29) is 5.91 Å². The maximum atomic E-state index is 12.4. The van der Waals surface area contributed by atoms with Crippen LogP contribution in [0.15, 0.2) is 42.7 Å². The normalized spacial score (nSPS) is 10.6. The van der Waals surface area contributed by atoms with Gasteiger partial charge in [0.25, 0.3) is 5.91 Å². The molecule has 1 N–H and O–H groups in total. The van der Waals surface area contributed by atoms with E-state index in [1.807, 2.05) is 12.1 Å². The molecule has 3 aromatic rings. The SMILES string of the molecule is Cc1nc(-c2cccnc2)sc1C(=O)Nc1ccc(Cl)c(Cl)c1. The standard InChI is InChI=1S/C16H11Cl2N3OS/c1-9-14(23-16(20-9)10-3-2-6-19-8-10)15(22)21-11-4-5-12(17)13(18)7-11/h2-8H,1H3,(H,21,22). The van der Waals surface area contributed by atoms with Gasteiger partial charge in [0.2, 0.25) is 0 Å². The van der Waals surface area contributed by atoms with Gasteiger partial charge in [-0.05, 0) is 37.3 Å². The summed E-state index contributed by atoms with van der Waals surface area (Å²) in [5.41, 5.74) is 2.14. The van der Waals surface area contributed by atoms with E-state index in [0.717, 1.165) is 10.6 Å². The van der Waals surface area contributed by atoms with Gasteiger partial charge in [-0.1, -0.05) is 23.2 Å². The van der Waals surface area contributed by atoms with Crippen molar-refractivity contribution in [2.45, 2.75) is 6.92 Å². The van der Waals surface area contributed by atoms with Crippen LogP contribution in [0.4, 0.5) is 5.69 Å². The maximum absolute atomic E-state index is 12.4. The Balaban J connectivity index is 1.85. The monoisotopic (exact) mass is 363 g/mol. The van der Waals surface area contributed by atoms with E-state index in [2.05, 4.69) is 15.3 Å². The first-order chi connectivity index (χ1) is 11.0. The lowest BCUT2D eigenvalue weighted by Gasteiger charge is -2.05. The van der Waals surface area contributed by atoms with Gasteiger partial charge in [0.1, 0.15) is 9.88 Å². The smallest absolute Gasteiger partial charge is 0.267 e. The molecule has 23 heavy (non-hydrogen) atoms. The summed E-state index contributed by atoms with van der Waals surface area (Å²) in [6.45, 7) is 1.81.